The molecule has 2 aromatic heterocycles. The number of rotatable bonds is 3. The predicted molar refractivity (Wildman–Crippen MR) is 94.6 cm³/mol. The van der Waals surface area contributed by atoms with Gasteiger partial charge in [0.1, 0.15) is 0 Å². The zero-order chi connectivity index (χ0) is 19.0. The molecule has 0 unspecified atom stereocenters. The van der Waals surface area contributed by atoms with E-state index in [0.717, 1.165) is 37.5 Å². The van der Waals surface area contributed by atoms with Gasteiger partial charge in [-0.1, -0.05) is 6.92 Å². The number of piperidine rings is 1. The highest BCUT2D eigenvalue weighted by atomic mass is 16.3. The Morgan fingerprint density at radius 2 is 2.07 bits per heavy atom. The zero-order valence-electron chi connectivity index (χ0n) is 15.7. The Hall–Kier alpha value is -2.71. The summed E-state index contributed by atoms with van der Waals surface area (Å²) in [5.74, 6) is 1.84. The van der Waals surface area contributed by atoms with Crippen LogP contribution in [0.4, 0.5) is 0 Å². The van der Waals surface area contributed by atoms with Gasteiger partial charge in [0, 0.05) is 26.1 Å². The largest absolute Gasteiger partial charge is 0.438 e. The smallest absolute Gasteiger partial charge is 0.292 e. The van der Waals surface area contributed by atoms with Crippen LogP contribution in [-0.2, 0) is 17.9 Å². The van der Waals surface area contributed by atoms with E-state index in [0.29, 0.717) is 31.7 Å². The summed E-state index contributed by atoms with van der Waals surface area (Å²) in [6, 6.07) is -0.0220. The number of carbonyl (C=O) groups excluding carboxylic acids is 2. The van der Waals surface area contributed by atoms with Crippen LogP contribution < -0.4 is 0 Å². The molecule has 0 spiro atoms. The van der Waals surface area contributed by atoms with Crippen molar-refractivity contribution in [2.45, 2.75) is 58.7 Å². The number of aryl methyl sites for hydroxylation is 1. The summed E-state index contributed by atoms with van der Waals surface area (Å²) in [5.41, 5.74) is 0.587. The molecule has 0 bridgehead atoms. The fraction of sp³-hybridized carbons (Fsp3) is 0.611. The van der Waals surface area contributed by atoms with Gasteiger partial charge >= 0.3 is 0 Å². The highest BCUT2D eigenvalue weighted by Crippen LogP contribution is 2.31. The summed E-state index contributed by atoms with van der Waals surface area (Å²) in [7, 11) is 0. The van der Waals surface area contributed by atoms with Crippen LogP contribution in [0.3, 0.4) is 0 Å². The summed E-state index contributed by atoms with van der Waals surface area (Å²) in [5, 5.41) is 8.73. The molecule has 4 rings (SSSR count). The molecule has 2 aliphatic heterocycles. The lowest BCUT2D eigenvalue weighted by molar-refractivity contribution is -0.135. The van der Waals surface area contributed by atoms with Gasteiger partial charge in [0.25, 0.3) is 5.91 Å². The molecule has 1 saturated heterocycles. The van der Waals surface area contributed by atoms with Crippen molar-refractivity contribution >= 4 is 11.8 Å². The average Bonchev–Trinajstić information content (AvgIpc) is 3.32. The van der Waals surface area contributed by atoms with Gasteiger partial charge in [0.2, 0.25) is 11.7 Å². The third kappa shape index (κ3) is 3.11. The van der Waals surface area contributed by atoms with Gasteiger partial charge in [0.15, 0.2) is 18.0 Å². The van der Waals surface area contributed by atoms with Gasteiger partial charge in [0.05, 0.1) is 18.3 Å². The van der Waals surface area contributed by atoms with Crippen molar-refractivity contribution in [2.24, 2.45) is 0 Å². The van der Waals surface area contributed by atoms with Gasteiger partial charge in [-0.2, -0.15) is 0 Å². The van der Waals surface area contributed by atoms with Crippen LogP contribution in [0.1, 0.15) is 66.5 Å². The second kappa shape index (κ2) is 7.13. The second-order valence-electron chi connectivity index (χ2n) is 7.07. The minimum atomic E-state index is -0.179. The Morgan fingerprint density at radius 1 is 1.22 bits per heavy atom. The number of likely N-dealkylation sites (tertiary alicyclic amines) is 1. The molecule has 0 saturated carbocycles. The van der Waals surface area contributed by atoms with Crippen molar-refractivity contribution in [3.63, 3.8) is 0 Å². The van der Waals surface area contributed by atoms with Crippen LogP contribution in [0, 0.1) is 6.92 Å². The van der Waals surface area contributed by atoms with Crippen molar-refractivity contribution < 1.29 is 14.0 Å². The van der Waals surface area contributed by atoms with E-state index in [1.807, 2.05) is 11.8 Å². The van der Waals surface area contributed by atoms with Crippen LogP contribution in [0.2, 0.25) is 0 Å². The fourth-order valence-corrected chi connectivity index (χ4v) is 3.95. The van der Waals surface area contributed by atoms with E-state index in [4.69, 9.17) is 4.42 Å². The van der Waals surface area contributed by atoms with Gasteiger partial charge < -0.3 is 18.8 Å². The molecule has 2 amide bonds. The lowest BCUT2D eigenvalue weighted by Gasteiger charge is -2.36. The molecular formula is C18H24N6O3. The predicted octanol–water partition coefficient (Wildman–Crippen LogP) is 1.69. The fourth-order valence-electron chi connectivity index (χ4n) is 3.95. The molecule has 0 aliphatic carbocycles. The first-order valence-corrected chi connectivity index (χ1v) is 9.51. The molecule has 2 aliphatic rings. The third-order valence-corrected chi connectivity index (χ3v) is 5.43. The molecule has 2 aromatic rings. The number of carbonyl (C=O) groups is 2. The summed E-state index contributed by atoms with van der Waals surface area (Å²) >= 11 is 0. The lowest BCUT2D eigenvalue weighted by Crippen LogP contribution is -2.42. The van der Waals surface area contributed by atoms with Gasteiger partial charge in [-0.25, -0.2) is 4.98 Å². The van der Waals surface area contributed by atoms with Crippen molar-refractivity contribution in [2.75, 3.05) is 13.1 Å². The van der Waals surface area contributed by atoms with E-state index < -0.39 is 0 Å². The Labute approximate surface area is 157 Å². The standard InChI is InChI=1S/C18H24N6O3/c1-3-15(25)23-7-5-4-6-13(23)17-21-20-14-10-22(8-9-24(14)17)18(26)16-12(2)19-11-27-16/h11,13H,3-10H2,1-2H3/t13-/m0/s1. The van der Waals surface area contributed by atoms with Gasteiger partial charge in [-0.3, -0.25) is 9.59 Å². The number of nitrogens with zero attached hydrogens (tertiary/aromatic N) is 6. The molecule has 9 nitrogen and oxygen atoms in total. The van der Waals surface area contributed by atoms with E-state index in [2.05, 4.69) is 19.7 Å². The van der Waals surface area contributed by atoms with E-state index in [1.54, 1.807) is 11.8 Å². The van der Waals surface area contributed by atoms with Crippen molar-refractivity contribution in [3.05, 3.63) is 29.5 Å². The third-order valence-electron chi connectivity index (χ3n) is 5.43. The van der Waals surface area contributed by atoms with Crippen molar-refractivity contribution in [3.8, 4) is 0 Å². The molecule has 4 heterocycles. The Bertz CT molecular complexity index is 857. The number of oxazole rings is 1. The first-order chi connectivity index (χ1) is 13.1. The van der Waals surface area contributed by atoms with Crippen LogP contribution in [0.15, 0.2) is 10.8 Å². The Morgan fingerprint density at radius 3 is 2.81 bits per heavy atom. The molecule has 0 radical (unpaired) electrons. The summed E-state index contributed by atoms with van der Waals surface area (Å²) in [6.45, 7) is 5.95. The summed E-state index contributed by atoms with van der Waals surface area (Å²) in [6.07, 6.45) is 4.80. The monoisotopic (exact) mass is 372 g/mol. The SMILES string of the molecule is CCC(=O)N1CCCC[C@H]1c1nnc2n1CCN(C(=O)c1ocnc1C)C2. The van der Waals surface area contributed by atoms with Crippen LogP contribution >= 0.6 is 0 Å². The van der Waals surface area contributed by atoms with E-state index >= 15 is 0 Å². The zero-order valence-corrected chi connectivity index (χ0v) is 15.7. The number of hydrogen-bond donors (Lipinski definition) is 0. The van der Waals surface area contributed by atoms with Crippen molar-refractivity contribution in [1.82, 2.24) is 29.5 Å². The maximum atomic E-state index is 12.7. The maximum Gasteiger partial charge on any atom is 0.292 e. The van der Waals surface area contributed by atoms with Crippen molar-refractivity contribution in [1.29, 1.82) is 0 Å². The van der Waals surface area contributed by atoms with Gasteiger partial charge in [-0.05, 0) is 26.2 Å². The lowest BCUT2D eigenvalue weighted by atomic mass is 10.0. The van der Waals surface area contributed by atoms with E-state index in [-0.39, 0.29) is 23.6 Å². The molecule has 1 atom stereocenters. The molecule has 144 valence electrons. The van der Waals surface area contributed by atoms with Crippen LogP contribution in [0.5, 0.6) is 0 Å². The quantitative estimate of drug-likeness (QED) is 0.813. The average molecular weight is 372 g/mol. The van der Waals surface area contributed by atoms with E-state index in [1.165, 1.54) is 6.39 Å². The number of aromatic nitrogens is 4. The minimum Gasteiger partial charge on any atom is -0.438 e. The van der Waals surface area contributed by atoms with Crippen LogP contribution in [-0.4, -0.2) is 54.5 Å². The molecule has 0 aromatic carbocycles. The number of fused-ring (bicyclic) bond motifs is 1. The molecule has 0 N–H and O–H groups in total. The first kappa shape index (κ1) is 17.7. The highest BCUT2D eigenvalue weighted by molar-refractivity contribution is 5.92. The molecule has 9 heteroatoms. The van der Waals surface area contributed by atoms with Gasteiger partial charge in [-0.15, -0.1) is 10.2 Å². The molecular weight excluding hydrogens is 348 g/mol. The summed E-state index contributed by atoms with van der Waals surface area (Å²) in [4.78, 5) is 32.6. The Kier molecular flexibility index (Phi) is 4.67. The first-order valence-electron chi connectivity index (χ1n) is 9.51. The molecule has 1 fully saturated rings. The molecule has 27 heavy (non-hydrogen) atoms. The number of hydrogen-bond acceptors (Lipinski definition) is 6. The minimum absolute atomic E-state index is 0.0220. The topological polar surface area (TPSA) is 97.4 Å². The Balaban J connectivity index is 1.56. The van der Waals surface area contributed by atoms with E-state index in [9.17, 15) is 9.59 Å². The summed E-state index contributed by atoms with van der Waals surface area (Å²) < 4.78 is 7.30. The number of amides is 2. The highest BCUT2D eigenvalue weighted by Gasteiger charge is 2.34. The maximum absolute atomic E-state index is 12.7. The second-order valence-corrected chi connectivity index (χ2v) is 7.07. The normalized spacial score (nSPS) is 19.9. The van der Waals surface area contributed by atoms with Crippen LogP contribution in [0.25, 0.3) is 0 Å².